The second-order valence-electron chi connectivity index (χ2n) is 1.37. The van der Waals surface area contributed by atoms with Crippen molar-refractivity contribution in [1.29, 1.82) is 0 Å². The fourth-order valence-electron chi connectivity index (χ4n) is 0.365. The number of nitrogens with zero attached hydrogens (tertiary/aromatic N) is 2. The first-order valence-electron chi connectivity index (χ1n) is 2.45. The molecular weight excluding hydrogens is 153 g/mol. The van der Waals surface area contributed by atoms with Gasteiger partial charge in [-0.15, -0.1) is 5.10 Å². The molecule has 0 aliphatic carbocycles. The average molecular weight is 158 g/mol. The molecule has 1 heterocycles. The Morgan fingerprint density at radius 1 is 1.90 bits per heavy atom. The van der Waals surface area contributed by atoms with Crippen LogP contribution < -0.4 is 4.52 Å². The van der Waals surface area contributed by atoms with Gasteiger partial charge in [-0.3, -0.25) is 0 Å². The maximum atomic E-state index is 10.6. The Labute approximate surface area is 58.0 Å². The second kappa shape index (κ2) is 3.08. The van der Waals surface area contributed by atoms with Crippen LogP contribution in [0.4, 0.5) is 0 Å². The predicted octanol–water partition coefficient (Wildman–Crippen LogP) is 1.07. The quantitative estimate of drug-likeness (QED) is 0.668. The molecular formula is C4H5N3O2P+. The Balaban J connectivity index is 2.56. The highest BCUT2D eigenvalue weighted by atomic mass is 31.1. The van der Waals surface area contributed by atoms with E-state index in [9.17, 15) is 4.57 Å². The van der Waals surface area contributed by atoms with E-state index in [0.29, 0.717) is 0 Å². The standard InChI is InChI=1S/C4H5N3O2P/c1-2-10(8)9-4-3-5-7-6-4/h2-3H,1H2,(H,5,6,7)/q+1. The van der Waals surface area contributed by atoms with Gasteiger partial charge in [0.15, 0.2) is 5.82 Å². The molecule has 0 aliphatic heterocycles. The van der Waals surface area contributed by atoms with Crippen molar-refractivity contribution < 1.29 is 9.09 Å². The molecule has 1 rings (SSSR count). The molecule has 0 radical (unpaired) electrons. The highest BCUT2D eigenvalue weighted by molar-refractivity contribution is 7.43. The van der Waals surface area contributed by atoms with E-state index in [4.69, 9.17) is 0 Å². The van der Waals surface area contributed by atoms with Gasteiger partial charge in [-0.05, 0) is 11.1 Å². The summed E-state index contributed by atoms with van der Waals surface area (Å²) in [4.78, 5) is 0. The summed E-state index contributed by atoms with van der Waals surface area (Å²) in [6.45, 7) is 3.27. The summed E-state index contributed by atoms with van der Waals surface area (Å²) in [5.74, 6) is 1.41. The molecule has 1 aromatic rings. The molecule has 0 amide bonds. The molecule has 10 heavy (non-hydrogen) atoms. The van der Waals surface area contributed by atoms with E-state index in [1.54, 1.807) is 0 Å². The van der Waals surface area contributed by atoms with Gasteiger partial charge >= 0.3 is 13.9 Å². The van der Waals surface area contributed by atoms with Gasteiger partial charge in [-0.2, -0.15) is 10.3 Å². The molecule has 5 nitrogen and oxygen atoms in total. The number of nitrogens with one attached hydrogen (secondary N) is 1. The van der Waals surface area contributed by atoms with Gasteiger partial charge < -0.3 is 0 Å². The number of aromatic nitrogens is 3. The van der Waals surface area contributed by atoms with Crippen LogP contribution in [0, 0.1) is 0 Å². The van der Waals surface area contributed by atoms with Gasteiger partial charge in [0.1, 0.15) is 6.20 Å². The monoisotopic (exact) mass is 158 g/mol. The first kappa shape index (κ1) is 6.89. The third-order valence-electron chi connectivity index (χ3n) is 0.725. The molecule has 1 N–H and O–H groups in total. The SMILES string of the molecule is C=C[P+](=O)Oc1cn[nH]n1. The lowest BCUT2D eigenvalue weighted by Gasteiger charge is -1.76. The molecule has 0 aromatic carbocycles. The topological polar surface area (TPSA) is 67.9 Å². The molecule has 0 saturated heterocycles. The van der Waals surface area contributed by atoms with Crippen LogP contribution in [0.5, 0.6) is 5.88 Å². The summed E-state index contributed by atoms with van der Waals surface area (Å²) in [6.07, 6.45) is 1.33. The van der Waals surface area contributed by atoms with Crippen LogP contribution in [0.25, 0.3) is 0 Å². The average Bonchev–Trinajstić information content (AvgIpc) is 2.40. The third kappa shape index (κ3) is 1.63. The second-order valence-corrected chi connectivity index (χ2v) is 2.49. The lowest BCUT2D eigenvalue weighted by molar-refractivity contribution is 0.503. The third-order valence-corrected chi connectivity index (χ3v) is 1.39. The summed E-state index contributed by atoms with van der Waals surface area (Å²) in [5, 5.41) is 9.27. The van der Waals surface area contributed by atoms with E-state index in [1.165, 1.54) is 12.0 Å². The minimum absolute atomic E-state index is 0.209. The zero-order chi connectivity index (χ0) is 7.40. The van der Waals surface area contributed by atoms with Crippen LogP contribution >= 0.6 is 8.03 Å². The summed E-state index contributed by atoms with van der Waals surface area (Å²) >= 11 is 0. The Bertz CT molecular complexity index is 233. The summed E-state index contributed by atoms with van der Waals surface area (Å²) in [6, 6.07) is 0. The highest BCUT2D eigenvalue weighted by Gasteiger charge is 2.14. The number of hydrogen-bond donors (Lipinski definition) is 1. The van der Waals surface area contributed by atoms with E-state index in [0.717, 1.165) is 0 Å². The Hall–Kier alpha value is -1.22. The van der Waals surface area contributed by atoms with Crippen LogP contribution in [-0.4, -0.2) is 15.4 Å². The molecule has 6 heteroatoms. The predicted molar refractivity (Wildman–Crippen MR) is 34.8 cm³/mol. The largest absolute Gasteiger partial charge is 0.590 e. The minimum Gasteiger partial charge on any atom is -0.226 e. The van der Waals surface area contributed by atoms with Crippen molar-refractivity contribution in [3.63, 3.8) is 0 Å². The lowest BCUT2D eigenvalue weighted by Crippen LogP contribution is -1.77. The normalized spacial score (nSPS) is 10.6. The van der Waals surface area contributed by atoms with Crippen LogP contribution in [-0.2, 0) is 4.57 Å². The molecule has 0 saturated carbocycles. The number of aromatic amines is 1. The molecule has 52 valence electrons. The van der Waals surface area contributed by atoms with Gasteiger partial charge in [0.25, 0.3) is 0 Å². The zero-order valence-electron chi connectivity index (χ0n) is 5.02. The van der Waals surface area contributed by atoms with Crippen LogP contribution in [0.2, 0.25) is 0 Å². The molecule has 0 aliphatic rings. The van der Waals surface area contributed by atoms with Gasteiger partial charge in [0.2, 0.25) is 0 Å². The van der Waals surface area contributed by atoms with Crippen LogP contribution in [0.15, 0.2) is 18.6 Å². The number of H-pyrrole nitrogens is 1. The minimum atomic E-state index is -1.84. The van der Waals surface area contributed by atoms with E-state index < -0.39 is 8.03 Å². The summed E-state index contributed by atoms with van der Waals surface area (Å²) in [5.41, 5.74) is 0. The molecule has 0 fully saturated rings. The van der Waals surface area contributed by atoms with Gasteiger partial charge in [0, 0.05) is 0 Å². The fourth-order valence-corrected chi connectivity index (χ4v) is 0.711. The van der Waals surface area contributed by atoms with Crippen molar-refractivity contribution in [2.24, 2.45) is 0 Å². The van der Waals surface area contributed by atoms with Crippen molar-refractivity contribution >= 4 is 8.03 Å². The lowest BCUT2D eigenvalue weighted by atomic mass is 10.9. The maximum absolute atomic E-state index is 10.6. The van der Waals surface area contributed by atoms with Gasteiger partial charge in [-0.25, -0.2) is 4.52 Å². The maximum Gasteiger partial charge on any atom is 0.590 e. The summed E-state index contributed by atoms with van der Waals surface area (Å²) < 4.78 is 15.3. The van der Waals surface area contributed by atoms with Crippen LogP contribution in [0.3, 0.4) is 0 Å². The Morgan fingerprint density at radius 2 is 2.70 bits per heavy atom. The van der Waals surface area contributed by atoms with Crippen molar-refractivity contribution in [2.75, 3.05) is 0 Å². The van der Waals surface area contributed by atoms with E-state index >= 15 is 0 Å². The van der Waals surface area contributed by atoms with Gasteiger partial charge in [0.05, 0.1) is 0 Å². The zero-order valence-corrected chi connectivity index (χ0v) is 5.91. The number of hydrogen-bond acceptors (Lipinski definition) is 4. The van der Waals surface area contributed by atoms with Crippen molar-refractivity contribution in [3.8, 4) is 5.88 Å². The first-order valence-corrected chi connectivity index (χ1v) is 3.70. The van der Waals surface area contributed by atoms with Crippen molar-refractivity contribution in [3.05, 3.63) is 18.6 Å². The first-order chi connectivity index (χ1) is 4.83. The molecule has 0 spiro atoms. The van der Waals surface area contributed by atoms with E-state index in [-0.39, 0.29) is 5.88 Å². The smallest absolute Gasteiger partial charge is 0.226 e. The molecule has 1 aromatic heterocycles. The molecule has 0 bridgehead atoms. The Morgan fingerprint density at radius 3 is 3.20 bits per heavy atom. The summed E-state index contributed by atoms with van der Waals surface area (Å²) in [7, 11) is -1.84. The van der Waals surface area contributed by atoms with Gasteiger partial charge in [-0.1, -0.05) is 0 Å². The fraction of sp³-hybridized carbons (Fsp3) is 0. The van der Waals surface area contributed by atoms with E-state index in [2.05, 4.69) is 26.5 Å². The van der Waals surface area contributed by atoms with Crippen molar-refractivity contribution in [2.45, 2.75) is 0 Å². The van der Waals surface area contributed by atoms with E-state index in [1.807, 2.05) is 0 Å². The highest BCUT2D eigenvalue weighted by Crippen LogP contribution is 2.23. The molecule has 1 atom stereocenters. The molecule has 1 unspecified atom stereocenters. The van der Waals surface area contributed by atoms with Crippen LogP contribution in [0.1, 0.15) is 0 Å². The van der Waals surface area contributed by atoms with Crippen molar-refractivity contribution in [1.82, 2.24) is 15.4 Å². The number of rotatable bonds is 3. The Kier molecular flexibility index (Phi) is 2.12.